The van der Waals surface area contributed by atoms with E-state index in [0.29, 0.717) is 21.6 Å². The highest BCUT2D eigenvalue weighted by Gasteiger charge is 2.12. The zero-order chi connectivity index (χ0) is 13.0. The molecule has 2 amide bonds. The van der Waals surface area contributed by atoms with Crippen molar-refractivity contribution in [1.82, 2.24) is 5.32 Å². The van der Waals surface area contributed by atoms with Crippen LogP contribution in [0.25, 0.3) is 0 Å². The molecule has 1 aliphatic heterocycles. The molecule has 7 heteroatoms. The number of amidine groups is 1. The Morgan fingerprint density at radius 3 is 3.00 bits per heavy atom. The van der Waals surface area contributed by atoms with Crippen LogP contribution in [0.15, 0.2) is 23.2 Å². The molecule has 1 aliphatic rings. The maximum atomic E-state index is 11.7. The van der Waals surface area contributed by atoms with Crippen LogP contribution in [-0.2, 0) is 0 Å². The van der Waals surface area contributed by atoms with E-state index in [1.54, 1.807) is 18.2 Å². The van der Waals surface area contributed by atoms with Crippen molar-refractivity contribution in [1.29, 1.82) is 0 Å². The van der Waals surface area contributed by atoms with Gasteiger partial charge in [0.25, 0.3) is 0 Å². The number of rotatable bonds is 2. The molecule has 5 nitrogen and oxygen atoms in total. The van der Waals surface area contributed by atoms with Crippen molar-refractivity contribution in [3.8, 4) is 5.75 Å². The van der Waals surface area contributed by atoms with E-state index in [1.165, 1.54) is 18.9 Å². The smallest absolute Gasteiger partial charge is 0.325 e. The molecular formula is C11H12ClN3O2S. The van der Waals surface area contributed by atoms with Gasteiger partial charge in [0.05, 0.1) is 19.3 Å². The highest BCUT2D eigenvalue weighted by molar-refractivity contribution is 8.14. The van der Waals surface area contributed by atoms with Crippen LogP contribution in [0.4, 0.5) is 10.5 Å². The van der Waals surface area contributed by atoms with Gasteiger partial charge in [0.15, 0.2) is 5.17 Å². The van der Waals surface area contributed by atoms with Crippen LogP contribution in [0.3, 0.4) is 0 Å². The number of carbonyl (C=O) groups is 1. The third-order valence-corrected chi connectivity index (χ3v) is 3.34. The van der Waals surface area contributed by atoms with Crippen molar-refractivity contribution in [3.63, 3.8) is 0 Å². The first-order valence-corrected chi connectivity index (χ1v) is 6.64. The fraction of sp³-hybridized carbons (Fsp3) is 0.273. The summed E-state index contributed by atoms with van der Waals surface area (Å²) in [5.41, 5.74) is 0.520. The quantitative estimate of drug-likeness (QED) is 0.878. The van der Waals surface area contributed by atoms with E-state index >= 15 is 0 Å². The van der Waals surface area contributed by atoms with Crippen molar-refractivity contribution in [2.45, 2.75) is 0 Å². The average Bonchev–Trinajstić information content (AvgIpc) is 2.82. The maximum absolute atomic E-state index is 11.7. The van der Waals surface area contributed by atoms with Crippen molar-refractivity contribution in [2.24, 2.45) is 4.99 Å². The number of thioether (sulfide) groups is 1. The zero-order valence-electron chi connectivity index (χ0n) is 9.70. The van der Waals surface area contributed by atoms with Crippen LogP contribution in [0.1, 0.15) is 0 Å². The van der Waals surface area contributed by atoms with Crippen LogP contribution in [0.2, 0.25) is 5.02 Å². The normalized spacial score (nSPS) is 14.0. The second kappa shape index (κ2) is 5.97. The number of nitrogens with zero attached hydrogens (tertiary/aromatic N) is 1. The molecule has 0 saturated heterocycles. The van der Waals surface area contributed by atoms with Gasteiger partial charge in [0.2, 0.25) is 0 Å². The molecular weight excluding hydrogens is 274 g/mol. The van der Waals surface area contributed by atoms with E-state index in [-0.39, 0.29) is 6.03 Å². The molecule has 0 saturated carbocycles. The van der Waals surface area contributed by atoms with Crippen molar-refractivity contribution in [3.05, 3.63) is 23.2 Å². The van der Waals surface area contributed by atoms with Crippen LogP contribution >= 0.6 is 23.4 Å². The standard InChI is InChI=1S/C11H12ClN3O2S/c1-17-9-3-2-7(12)6-8(9)14-10(16)15-11-13-4-5-18-11/h2-3,6H,4-5H2,1H3,(H2,13,14,15,16). The number of hydrogen-bond donors (Lipinski definition) is 2. The summed E-state index contributed by atoms with van der Waals surface area (Å²) in [7, 11) is 1.53. The molecule has 18 heavy (non-hydrogen) atoms. The van der Waals surface area contributed by atoms with Crippen LogP contribution < -0.4 is 15.4 Å². The Morgan fingerprint density at radius 2 is 2.33 bits per heavy atom. The Kier molecular flexibility index (Phi) is 4.33. The van der Waals surface area contributed by atoms with Gasteiger partial charge in [-0.2, -0.15) is 0 Å². The second-order valence-corrected chi connectivity index (χ2v) is 4.98. The fourth-order valence-electron chi connectivity index (χ4n) is 1.44. The topological polar surface area (TPSA) is 62.7 Å². The molecule has 0 aromatic heterocycles. The lowest BCUT2D eigenvalue weighted by Gasteiger charge is -2.11. The summed E-state index contributed by atoms with van der Waals surface area (Å²) in [6, 6.07) is 4.66. The SMILES string of the molecule is COc1ccc(Cl)cc1NC(=O)NC1=NCCS1. The van der Waals surface area contributed by atoms with Crippen LogP contribution in [-0.4, -0.2) is 30.6 Å². The van der Waals surface area contributed by atoms with Crippen molar-refractivity contribution < 1.29 is 9.53 Å². The van der Waals surface area contributed by atoms with E-state index in [9.17, 15) is 4.79 Å². The second-order valence-electron chi connectivity index (χ2n) is 3.46. The molecule has 0 bridgehead atoms. The number of carbonyl (C=O) groups excluding carboxylic acids is 1. The number of ether oxygens (including phenoxy) is 1. The third-order valence-electron chi connectivity index (χ3n) is 2.22. The highest BCUT2D eigenvalue weighted by Crippen LogP contribution is 2.27. The number of halogens is 1. The summed E-state index contributed by atoms with van der Waals surface area (Å²) in [6.45, 7) is 0.737. The lowest BCUT2D eigenvalue weighted by atomic mass is 10.3. The molecule has 2 N–H and O–H groups in total. The average molecular weight is 286 g/mol. The first kappa shape index (κ1) is 13.0. The molecule has 0 fully saturated rings. The number of anilines is 1. The Morgan fingerprint density at radius 1 is 1.50 bits per heavy atom. The minimum absolute atomic E-state index is 0.358. The minimum Gasteiger partial charge on any atom is -0.495 e. The Hall–Kier alpha value is -1.40. The van der Waals surface area contributed by atoms with Gasteiger partial charge in [-0.25, -0.2) is 4.79 Å². The summed E-state index contributed by atoms with van der Waals surface area (Å²) in [6.07, 6.45) is 0. The van der Waals surface area contributed by atoms with E-state index in [0.717, 1.165) is 12.3 Å². The molecule has 0 spiro atoms. The van der Waals surface area contributed by atoms with Crippen molar-refractivity contribution in [2.75, 3.05) is 24.7 Å². The first-order chi connectivity index (χ1) is 8.69. The van der Waals surface area contributed by atoms with E-state index < -0.39 is 0 Å². The van der Waals surface area contributed by atoms with Crippen LogP contribution in [0, 0.1) is 0 Å². The first-order valence-electron chi connectivity index (χ1n) is 5.28. The molecule has 0 atom stereocenters. The lowest BCUT2D eigenvalue weighted by molar-refractivity contribution is 0.256. The summed E-state index contributed by atoms with van der Waals surface area (Å²) < 4.78 is 5.13. The summed E-state index contributed by atoms with van der Waals surface area (Å²) in [5.74, 6) is 1.45. The largest absolute Gasteiger partial charge is 0.495 e. The summed E-state index contributed by atoms with van der Waals surface area (Å²) >= 11 is 7.39. The van der Waals surface area contributed by atoms with Gasteiger partial charge in [-0.1, -0.05) is 23.4 Å². The van der Waals surface area contributed by atoms with Gasteiger partial charge in [-0.05, 0) is 18.2 Å². The zero-order valence-corrected chi connectivity index (χ0v) is 11.3. The molecule has 1 aromatic rings. The summed E-state index contributed by atoms with van der Waals surface area (Å²) in [5, 5.41) is 6.50. The predicted molar refractivity (Wildman–Crippen MR) is 74.9 cm³/mol. The molecule has 0 unspecified atom stereocenters. The Bertz CT molecular complexity index is 493. The van der Waals surface area contributed by atoms with E-state index in [4.69, 9.17) is 16.3 Å². The fourth-order valence-corrected chi connectivity index (χ4v) is 2.33. The summed E-state index contributed by atoms with van der Waals surface area (Å²) in [4.78, 5) is 15.9. The van der Waals surface area contributed by atoms with Gasteiger partial charge < -0.3 is 10.1 Å². The number of hydrogen-bond acceptors (Lipinski definition) is 4. The Labute approximate surface area is 114 Å². The number of aliphatic imine (C=N–C) groups is 1. The molecule has 2 rings (SSSR count). The van der Waals surface area contributed by atoms with Gasteiger partial charge in [0, 0.05) is 10.8 Å². The molecule has 1 aromatic carbocycles. The number of nitrogens with one attached hydrogen (secondary N) is 2. The Balaban J connectivity index is 2.03. The van der Waals surface area contributed by atoms with E-state index in [2.05, 4.69) is 15.6 Å². The third kappa shape index (κ3) is 3.30. The number of urea groups is 1. The van der Waals surface area contributed by atoms with E-state index in [1.807, 2.05) is 0 Å². The molecule has 0 aliphatic carbocycles. The minimum atomic E-state index is -0.358. The number of amides is 2. The monoisotopic (exact) mass is 285 g/mol. The highest BCUT2D eigenvalue weighted by atomic mass is 35.5. The predicted octanol–water partition coefficient (Wildman–Crippen LogP) is 2.57. The number of methoxy groups -OCH3 is 1. The van der Waals surface area contributed by atoms with Crippen LogP contribution in [0.5, 0.6) is 5.75 Å². The van der Waals surface area contributed by atoms with Gasteiger partial charge in [0.1, 0.15) is 5.75 Å². The lowest BCUT2D eigenvalue weighted by Crippen LogP contribution is -2.32. The maximum Gasteiger partial charge on any atom is 0.325 e. The van der Waals surface area contributed by atoms with Gasteiger partial charge in [-0.3, -0.25) is 10.3 Å². The number of benzene rings is 1. The van der Waals surface area contributed by atoms with Gasteiger partial charge in [-0.15, -0.1) is 0 Å². The van der Waals surface area contributed by atoms with Gasteiger partial charge >= 0.3 is 6.03 Å². The molecule has 0 radical (unpaired) electrons. The molecule has 1 heterocycles. The van der Waals surface area contributed by atoms with Crippen molar-refractivity contribution >= 4 is 40.2 Å². The molecule has 96 valence electrons.